The summed E-state index contributed by atoms with van der Waals surface area (Å²) >= 11 is 0. The van der Waals surface area contributed by atoms with E-state index in [-0.39, 0.29) is 5.92 Å². The molecule has 1 aliphatic rings. The van der Waals surface area contributed by atoms with Crippen molar-refractivity contribution in [3.05, 3.63) is 47.2 Å². The summed E-state index contributed by atoms with van der Waals surface area (Å²) in [7, 11) is 0. The summed E-state index contributed by atoms with van der Waals surface area (Å²) in [5.74, 6) is -0.236. The summed E-state index contributed by atoms with van der Waals surface area (Å²) < 4.78 is 38.8. The van der Waals surface area contributed by atoms with Crippen LogP contribution in [0.15, 0.2) is 41.0 Å². The molecule has 4 heteroatoms. The van der Waals surface area contributed by atoms with E-state index in [1.54, 1.807) is 18.2 Å². The molecule has 0 saturated carbocycles. The van der Waals surface area contributed by atoms with Crippen molar-refractivity contribution in [1.82, 2.24) is 0 Å². The second-order valence-electron chi connectivity index (χ2n) is 4.55. The zero-order chi connectivity index (χ0) is 13.3. The lowest BCUT2D eigenvalue weighted by atomic mass is 9.88. The summed E-state index contributed by atoms with van der Waals surface area (Å²) in [5, 5.41) is 0. The molecule has 2 rings (SSSR count). The maximum absolute atomic E-state index is 12.9. The molecule has 0 amide bonds. The Hall–Kier alpha value is -1.58. The van der Waals surface area contributed by atoms with Crippen LogP contribution in [0.3, 0.4) is 0 Å². The number of allylic oxidation sites excluding steroid dienone is 2. The molecule has 0 N–H and O–H groups in total. The van der Waals surface area contributed by atoms with Crippen LogP contribution in [-0.2, 0) is 6.18 Å². The molecule has 1 aliphatic heterocycles. The molecule has 1 aromatic carbocycles. The average Bonchev–Trinajstić information content (AvgIpc) is 2.26. The Morgan fingerprint density at radius 1 is 1.17 bits per heavy atom. The van der Waals surface area contributed by atoms with Gasteiger partial charge in [-0.25, -0.2) is 0 Å². The van der Waals surface area contributed by atoms with E-state index in [4.69, 9.17) is 0 Å². The van der Waals surface area contributed by atoms with Crippen LogP contribution in [0, 0.1) is 0 Å². The Bertz CT molecular complexity index is 512. The number of aliphatic imine (C=N–C) groups is 1. The Kier molecular flexibility index (Phi) is 3.28. The van der Waals surface area contributed by atoms with Crippen molar-refractivity contribution in [2.75, 3.05) is 0 Å². The van der Waals surface area contributed by atoms with E-state index in [2.05, 4.69) is 4.99 Å². The monoisotopic (exact) mass is 253 g/mol. The second kappa shape index (κ2) is 4.59. The first kappa shape index (κ1) is 12.9. The molecule has 0 bridgehead atoms. The van der Waals surface area contributed by atoms with Crippen molar-refractivity contribution < 1.29 is 13.2 Å². The average molecular weight is 253 g/mol. The molecule has 96 valence electrons. The van der Waals surface area contributed by atoms with Gasteiger partial charge in [-0.1, -0.05) is 24.3 Å². The molecular formula is C14H14F3N. The van der Waals surface area contributed by atoms with E-state index in [0.717, 1.165) is 17.5 Å². The van der Waals surface area contributed by atoms with Crippen LogP contribution in [0.5, 0.6) is 0 Å². The van der Waals surface area contributed by atoms with E-state index in [1.807, 2.05) is 13.8 Å². The normalized spacial score (nSPS) is 20.4. The zero-order valence-electron chi connectivity index (χ0n) is 10.3. The van der Waals surface area contributed by atoms with Gasteiger partial charge in [0.1, 0.15) is 0 Å². The lowest BCUT2D eigenvalue weighted by Crippen LogP contribution is -2.14. The van der Waals surface area contributed by atoms with Gasteiger partial charge >= 0.3 is 6.18 Å². The van der Waals surface area contributed by atoms with Gasteiger partial charge in [-0.2, -0.15) is 13.2 Å². The third-order valence-electron chi connectivity index (χ3n) is 2.99. The van der Waals surface area contributed by atoms with Crippen molar-refractivity contribution in [3.8, 4) is 0 Å². The molecule has 1 heterocycles. The maximum Gasteiger partial charge on any atom is 0.416 e. The van der Waals surface area contributed by atoms with Crippen molar-refractivity contribution in [1.29, 1.82) is 0 Å². The first-order chi connectivity index (χ1) is 8.38. The lowest BCUT2D eigenvalue weighted by molar-refractivity contribution is -0.138. The van der Waals surface area contributed by atoms with Crippen LogP contribution in [0.1, 0.15) is 37.3 Å². The highest BCUT2D eigenvalue weighted by Crippen LogP contribution is 2.38. The Morgan fingerprint density at radius 3 is 2.44 bits per heavy atom. The molecular weight excluding hydrogens is 239 g/mol. The van der Waals surface area contributed by atoms with Crippen molar-refractivity contribution in [2.45, 2.75) is 32.4 Å². The Labute approximate surface area is 104 Å². The summed E-state index contributed by atoms with van der Waals surface area (Å²) in [4.78, 5) is 4.25. The molecule has 0 radical (unpaired) electrons. The van der Waals surface area contributed by atoms with Gasteiger partial charge in [-0.15, -0.1) is 0 Å². The minimum Gasteiger partial charge on any atom is -0.263 e. The van der Waals surface area contributed by atoms with Gasteiger partial charge in [-0.05, 0) is 31.9 Å². The molecule has 1 unspecified atom stereocenters. The molecule has 0 saturated heterocycles. The Morgan fingerprint density at radius 2 is 1.83 bits per heavy atom. The fraction of sp³-hybridized carbons (Fsp3) is 0.357. The van der Waals surface area contributed by atoms with E-state index >= 15 is 0 Å². The minimum atomic E-state index is -4.30. The van der Waals surface area contributed by atoms with E-state index in [1.165, 1.54) is 6.07 Å². The highest BCUT2D eigenvalue weighted by molar-refractivity contribution is 5.85. The molecule has 1 aromatic rings. The predicted molar refractivity (Wildman–Crippen MR) is 65.7 cm³/mol. The smallest absolute Gasteiger partial charge is 0.263 e. The summed E-state index contributed by atoms with van der Waals surface area (Å²) in [6.45, 7) is 3.66. The predicted octanol–water partition coefficient (Wildman–Crippen LogP) is 4.56. The lowest BCUT2D eigenvalue weighted by Gasteiger charge is -2.22. The van der Waals surface area contributed by atoms with Crippen LogP contribution < -0.4 is 0 Å². The Balaban J connectivity index is 2.44. The van der Waals surface area contributed by atoms with Gasteiger partial charge in [0.05, 0.1) is 5.56 Å². The minimum absolute atomic E-state index is 0.236. The quantitative estimate of drug-likeness (QED) is 0.695. The number of hydrogen-bond acceptors (Lipinski definition) is 1. The van der Waals surface area contributed by atoms with Crippen molar-refractivity contribution in [2.24, 2.45) is 4.99 Å². The van der Waals surface area contributed by atoms with E-state index in [9.17, 15) is 13.2 Å². The number of benzene rings is 1. The standard InChI is InChI=1S/C14H14F3N/c1-9-7-11(8-10(2)18-9)12-5-3-4-6-13(12)14(15,16)17/h3-7,11H,8H2,1-2H3. The SMILES string of the molecule is CC1=CC(c2ccccc2C(F)(F)F)CC(C)=N1. The van der Waals surface area contributed by atoms with Crippen molar-refractivity contribution in [3.63, 3.8) is 0 Å². The van der Waals surface area contributed by atoms with Crippen LogP contribution in [0.4, 0.5) is 13.2 Å². The number of rotatable bonds is 1. The third kappa shape index (κ3) is 2.63. The molecule has 1 atom stereocenters. The largest absolute Gasteiger partial charge is 0.416 e. The topological polar surface area (TPSA) is 12.4 Å². The van der Waals surface area contributed by atoms with Crippen molar-refractivity contribution >= 4 is 5.71 Å². The van der Waals surface area contributed by atoms with Crippen LogP contribution in [0.25, 0.3) is 0 Å². The fourth-order valence-corrected chi connectivity index (χ4v) is 2.33. The summed E-state index contributed by atoms with van der Waals surface area (Å²) in [6.07, 6.45) is -1.96. The fourth-order valence-electron chi connectivity index (χ4n) is 2.33. The molecule has 0 fully saturated rings. The molecule has 1 nitrogen and oxygen atoms in total. The molecule has 18 heavy (non-hydrogen) atoms. The van der Waals surface area contributed by atoms with Gasteiger partial charge in [0.15, 0.2) is 0 Å². The first-order valence-electron chi connectivity index (χ1n) is 5.76. The number of nitrogens with zero attached hydrogens (tertiary/aromatic N) is 1. The van der Waals surface area contributed by atoms with Gasteiger partial charge in [-0.3, -0.25) is 4.99 Å². The highest BCUT2D eigenvalue weighted by atomic mass is 19.4. The number of hydrogen-bond donors (Lipinski definition) is 0. The van der Waals surface area contributed by atoms with Gasteiger partial charge < -0.3 is 0 Å². The summed E-state index contributed by atoms with van der Waals surface area (Å²) in [5.41, 5.74) is 1.44. The van der Waals surface area contributed by atoms with Crippen LogP contribution in [0.2, 0.25) is 0 Å². The third-order valence-corrected chi connectivity index (χ3v) is 2.99. The highest BCUT2D eigenvalue weighted by Gasteiger charge is 2.34. The maximum atomic E-state index is 12.9. The number of halogens is 3. The summed E-state index contributed by atoms with van der Waals surface area (Å²) in [6, 6.07) is 5.76. The van der Waals surface area contributed by atoms with E-state index < -0.39 is 11.7 Å². The first-order valence-corrected chi connectivity index (χ1v) is 5.76. The van der Waals surface area contributed by atoms with Crippen LogP contribution in [-0.4, -0.2) is 5.71 Å². The molecule has 0 aliphatic carbocycles. The number of alkyl halides is 3. The van der Waals surface area contributed by atoms with Crippen LogP contribution >= 0.6 is 0 Å². The molecule has 0 spiro atoms. The van der Waals surface area contributed by atoms with Gasteiger partial charge in [0.25, 0.3) is 0 Å². The van der Waals surface area contributed by atoms with Gasteiger partial charge in [0, 0.05) is 17.3 Å². The molecule has 0 aromatic heterocycles. The van der Waals surface area contributed by atoms with Gasteiger partial charge in [0.2, 0.25) is 0 Å². The van der Waals surface area contributed by atoms with E-state index in [0.29, 0.717) is 12.0 Å². The zero-order valence-corrected chi connectivity index (χ0v) is 10.3. The second-order valence-corrected chi connectivity index (χ2v) is 4.55.